The minimum Gasteiger partial charge on any atom is -0.383 e. The fraction of sp³-hybridized carbons (Fsp3) is 0.222. The van der Waals surface area contributed by atoms with Crippen LogP contribution in [0.2, 0.25) is 0 Å². The molecule has 0 spiro atoms. The normalized spacial score (nSPS) is 11.3. The Balaban J connectivity index is 1.95. The fourth-order valence-electron chi connectivity index (χ4n) is 3.03. The van der Waals surface area contributed by atoms with Crippen molar-refractivity contribution in [3.8, 4) is 11.3 Å². The fourth-order valence-corrected chi connectivity index (χ4v) is 3.03. The second-order valence-corrected chi connectivity index (χ2v) is 5.91. The van der Waals surface area contributed by atoms with Gasteiger partial charge in [-0.1, -0.05) is 24.8 Å². The lowest BCUT2D eigenvalue weighted by atomic mass is 10.1. The number of anilines is 1. The van der Waals surface area contributed by atoms with Gasteiger partial charge in [0, 0.05) is 23.6 Å². The summed E-state index contributed by atoms with van der Waals surface area (Å²) < 4.78 is 0. The molecule has 0 unspecified atom stereocenters. The number of nitrogens with two attached hydrogens (primary N) is 1. The Labute approximate surface area is 148 Å². The first-order valence-electron chi connectivity index (χ1n) is 8.44. The number of carbonyl (C=O) groups is 1. The average molecular weight is 350 g/mol. The SMILES string of the molecule is CCC(=O)On1nc2c(c(N)nc3cc(-c4ccn[nH]4)ccc32)c1CC. The molecule has 26 heavy (non-hydrogen) atoms. The maximum Gasteiger partial charge on any atom is 0.334 e. The van der Waals surface area contributed by atoms with Crippen molar-refractivity contribution in [2.75, 3.05) is 5.73 Å². The summed E-state index contributed by atoms with van der Waals surface area (Å²) in [6.45, 7) is 3.69. The largest absolute Gasteiger partial charge is 0.383 e. The molecule has 0 fully saturated rings. The van der Waals surface area contributed by atoms with Crippen molar-refractivity contribution >= 4 is 33.6 Å². The first-order chi connectivity index (χ1) is 12.6. The van der Waals surface area contributed by atoms with Gasteiger partial charge in [0.15, 0.2) is 0 Å². The molecule has 0 atom stereocenters. The molecule has 0 bridgehead atoms. The van der Waals surface area contributed by atoms with Crippen LogP contribution in [0, 0.1) is 0 Å². The van der Waals surface area contributed by atoms with Gasteiger partial charge >= 0.3 is 5.97 Å². The zero-order chi connectivity index (χ0) is 18.3. The second kappa shape index (κ2) is 6.14. The lowest BCUT2D eigenvalue weighted by molar-refractivity contribution is -0.145. The summed E-state index contributed by atoms with van der Waals surface area (Å²) in [7, 11) is 0. The Kier molecular flexibility index (Phi) is 3.80. The maximum atomic E-state index is 11.7. The Hall–Kier alpha value is -3.42. The predicted molar refractivity (Wildman–Crippen MR) is 98.3 cm³/mol. The van der Waals surface area contributed by atoms with Gasteiger partial charge in [-0.3, -0.25) is 5.10 Å². The number of aromatic amines is 1. The Morgan fingerprint density at radius 3 is 2.85 bits per heavy atom. The number of nitrogens with zero attached hydrogens (tertiary/aromatic N) is 4. The number of carbonyl (C=O) groups excluding carboxylic acids is 1. The smallest absolute Gasteiger partial charge is 0.334 e. The highest BCUT2D eigenvalue weighted by atomic mass is 16.7. The number of aryl methyl sites for hydroxylation is 1. The van der Waals surface area contributed by atoms with E-state index in [1.807, 2.05) is 31.2 Å². The second-order valence-electron chi connectivity index (χ2n) is 5.91. The molecule has 0 saturated carbocycles. The number of fused-ring (bicyclic) bond motifs is 3. The van der Waals surface area contributed by atoms with E-state index in [2.05, 4.69) is 20.3 Å². The summed E-state index contributed by atoms with van der Waals surface area (Å²) >= 11 is 0. The molecular weight excluding hydrogens is 332 g/mol. The molecule has 0 aliphatic rings. The van der Waals surface area contributed by atoms with E-state index in [0.717, 1.165) is 33.2 Å². The van der Waals surface area contributed by atoms with E-state index in [1.165, 1.54) is 4.85 Å². The van der Waals surface area contributed by atoms with Crippen molar-refractivity contribution in [1.82, 2.24) is 25.1 Å². The maximum absolute atomic E-state index is 11.7. The first kappa shape index (κ1) is 16.1. The highest BCUT2D eigenvalue weighted by Gasteiger charge is 2.19. The quantitative estimate of drug-likeness (QED) is 0.585. The number of hydrogen-bond acceptors (Lipinski definition) is 6. The molecule has 8 heteroatoms. The molecule has 132 valence electrons. The predicted octanol–water partition coefficient (Wildman–Crippen LogP) is 2.48. The third kappa shape index (κ3) is 2.46. The van der Waals surface area contributed by atoms with Crippen molar-refractivity contribution in [3.05, 3.63) is 36.2 Å². The minimum atomic E-state index is -0.357. The van der Waals surface area contributed by atoms with Crippen molar-refractivity contribution in [3.63, 3.8) is 0 Å². The van der Waals surface area contributed by atoms with Gasteiger partial charge in [0.2, 0.25) is 0 Å². The van der Waals surface area contributed by atoms with Gasteiger partial charge in [0.05, 0.1) is 22.3 Å². The Morgan fingerprint density at radius 1 is 1.31 bits per heavy atom. The first-order valence-corrected chi connectivity index (χ1v) is 8.44. The number of hydrogen-bond donors (Lipinski definition) is 2. The summed E-state index contributed by atoms with van der Waals surface area (Å²) in [6, 6.07) is 7.73. The van der Waals surface area contributed by atoms with Gasteiger partial charge in [-0.05, 0) is 24.6 Å². The third-order valence-electron chi connectivity index (χ3n) is 4.32. The average Bonchev–Trinajstić information content (AvgIpc) is 3.29. The van der Waals surface area contributed by atoms with Crippen molar-refractivity contribution in [2.24, 2.45) is 0 Å². The lowest BCUT2D eigenvalue weighted by Gasteiger charge is -2.05. The number of aromatic nitrogens is 5. The van der Waals surface area contributed by atoms with Gasteiger partial charge in [-0.2, -0.15) is 5.10 Å². The molecule has 4 rings (SSSR count). The van der Waals surface area contributed by atoms with E-state index in [0.29, 0.717) is 17.8 Å². The molecule has 4 aromatic rings. The standard InChI is InChI=1S/C18H18N6O2/c1-3-14-16-17(23-24(14)26-15(25)4-2)11-6-5-10(12-7-8-20-22-12)9-13(11)21-18(16)19/h5-9H,3-4H2,1-2H3,(H2,19,21)(H,20,22). The summed E-state index contributed by atoms with van der Waals surface area (Å²) in [6.07, 6.45) is 2.57. The number of nitrogen functional groups attached to an aromatic ring is 1. The zero-order valence-corrected chi connectivity index (χ0v) is 14.5. The third-order valence-corrected chi connectivity index (χ3v) is 4.32. The Bertz CT molecular complexity index is 1110. The van der Waals surface area contributed by atoms with E-state index in [9.17, 15) is 4.79 Å². The van der Waals surface area contributed by atoms with Crippen molar-refractivity contribution < 1.29 is 9.63 Å². The van der Waals surface area contributed by atoms with E-state index in [4.69, 9.17) is 10.6 Å². The molecule has 0 aliphatic carbocycles. The van der Waals surface area contributed by atoms with Crippen LogP contribution in [0.3, 0.4) is 0 Å². The van der Waals surface area contributed by atoms with Crippen LogP contribution >= 0.6 is 0 Å². The van der Waals surface area contributed by atoms with Crippen LogP contribution in [-0.2, 0) is 11.2 Å². The minimum absolute atomic E-state index is 0.265. The lowest BCUT2D eigenvalue weighted by Crippen LogP contribution is -2.21. The topological polar surface area (TPSA) is 112 Å². The van der Waals surface area contributed by atoms with Crippen LogP contribution < -0.4 is 10.6 Å². The summed E-state index contributed by atoms with van der Waals surface area (Å²) in [5, 5.41) is 13.0. The van der Waals surface area contributed by atoms with Crippen LogP contribution in [0.4, 0.5) is 5.82 Å². The molecule has 3 heterocycles. The molecule has 3 N–H and O–H groups in total. The van der Waals surface area contributed by atoms with E-state index >= 15 is 0 Å². The molecule has 8 nitrogen and oxygen atoms in total. The van der Waals surface area contributed by atoms with E-state index in [-0.39, 0.29) is 12.4 Å². The van der Waals surface area contributed by atoms with Crippen LogP contribution in [0.25, 0.3) is 33.1 Å². The number of benzene rings is 1. The summed E-state index contributed by atoms with van der Waals surface area (Å²) in [4.78, 5) is 22.9. The Morgan fingerprint density at radius 2 is 2.15 bits per heavy atom. The molecule has 0 amide bonds. The molecule has 0 aliphatic heterocycles. The van der Waals surface area contributed by atoms with Gasteiger partial charge in [-0.25, -0.2) is 9.78 Å². The van der Waals surface area contributed by atoms with Crippen molar-refractivity contribution in [2.45, 2.75) is 26.7 Å². The molecule has 0 radical (unpaired) electrons. The summed E-state index contributed by atoms with van der Waals surface area (Å²) in [5.74, 6) is 0.00906. The van der Waals surface area contributed by atoms with Gasteiger partial charge < -0.3 is 10.6 Å². The highest BCUT2D eigenvalue weighted by molar-refractivity contribution is 6.09. The van der Waals surface area contributed by atoms with E-state index < -0.39 is 0 Å². The van der Waals surface area contributed by atoms with E-state index in [1.54, 1.807) is 13.1 Å². The van der Waals surface area contributed by atoms with Crippen LogP contribution in [-0.4, -0.2) is 31.1 Å². The van der Waals surface area contributed by atoms with Gasteiger partial charge in [0.1, 0.15) is 11.3 Å². The van der Waals surface area contributed by atoms with Crippen LogP contribution in [0.5, 0.6) is 0 Å². The number of nitrogens with one attached hydrogen (secondary N) is 1. The van der Waals surface area contributed by atoms with Crippen LogP contribution in [0.1, 0.15) is 26.0 Å². The van der Waals surface area contributed by atoms with Crippen LogP contribution in [0.15, 0.2) is 30.5 Å². The monoisotopic (exact) mass is 350 g/mol. The highest BCUT2D eigenvalue weighted by Crippen LogP contribution is 2.32. The van der Waals surface area contributed by atoms with Crippen molar-refractivity contribution in [1.29, 1.82) is 0 Å². The molecule has 3 aromatic heterocycles. The molecule has 0 saturated heterocycles. The van der Waals surface area contributed by atoms with Gasteiger partial charge in [-0.15, -0.1) is 5.10 Å². The van der Waals surface area contributed by atoms with Gasteiger partial charge in [0.25, 0.3) is 0 Å². The number of pyridine rings is 1. The number of H-pyrrole nitrogens is 1. The summed E-state index contributed by atoms with van der Waals surface area (Å²) in [5.41, 5.74) is 10.2. The molecular formula is C18H18N6O2. The molecule has 1 aromatic carbocycles. The zero-order valence-electron chi connectivity index (χ0n) is 14.5. The number of rotatable bonds is 4.